The van der Waals surface area contributed by atoms with Gasteiger partial charge in [0.2, 0.25) is 0 Å². The van der Waals surface area contributed by atoms with Crippen LogP contribution in [0.5, 0.6) is 0 Å². The molecule has 0 nitrogen and oxygen atoms in total. The molecule has 0 aromatic carbocycles. The summed E-state index contributed by atoms with van der Waals surface area (Å²) in [6.45, 7) is 0. The number of hydrogen-bond donors (Lipinski definition) is 0. The first kappa shape index (κ1) is 47.6. The fourth-order valence-corrected chi connectivity index (χ4v) is 0. The summed E-state index contributed by atoms with van der Waals surface area (Å²) < 4.78 is 0. The third kappa shape index (κ3) is 9.59. The molecule has 0 rings (SSSR count). The van der Waals surface area contributed by atoms with Crippen LogP contribution in [0.3, 0.4) is 0 Å². The third-order valence-corrected chi connectivity index (χ3v) is 0. The van der Waals surface area contributed by atoms with Crippen molar-refractivity contribution < 1.29 is 21.1 Å². The maximum atomic E-state index is 0. The van der Waals surface area contributed by atoms with Crippen molar-refractivity contribution in [3.05, 3.63) is 0 Å². The number of rotatable bonds is 0. The van der Waals surface area contributed by atoms with Crippen LogP contribution in [0.25, 0.3) is 0 Å². The largest absolute Gasteiger partial charge is 0.147 e. The maximum absolute atomic E-state index is 0. The molecule has 0 amide bonds. The van der Waals surface area contributed by atoms with Gasteiger partial charge < -0.3 is 0 Å². The minimum Gasteiger partial charge on any atom is -0.147 e. The fourth-order valence-electron chi connectivity index (χ4n) is 0. The first-order chi connectivity index (χ1) is 0. The van der Waals surface area contributed by atoms with Gasteiger partial charge in [-0.05, 0) is 0 Å². The Kier molecular flexibility index (Phi) is 283. The Labute approximate surface area is 58.2 Å². The van der Waals surface area contributed by atoms with Gasteiger partial charge in [0.25, 0.3) is 0 Å². The zero-order chi connectivity index (χ0) is 0. The van der Waals surface area contributed by atoms with E-state index in [4.69, 9.17) is 0 Å². The van der Waals surface area contributed by atoms with E-state index in [0.717, 1.165) is 0 Å². The molecule has 4 heteroatoms. The van der Waals surface area contributed by atoms with Crippen molar-refractivity contribution in [2.24, 2.45) is 0 Å². The van der Waals surface area contributed by atoms with E-state index < -0.39 is 0 Å². The predicted octanol–water partition coefficient (Wildman–Crippen LogP) is 1.26. The van der Waals surface area contributed by atoms with Crippen LogP contribution >= 0.6 is 37.2 Å². The van der Waals surface area contributed by atoms with Crippen molar-refractivity contribution in [2.75, 3.05) is 0 Å². The quantitative estimate of drug-likeness (QED) is 0.631. The first-order valence-corrected chi connectivity index (χ1v) is 0. The van der Waals surface area contributed by atoms with Crippen LogP contribution in [-0.2, 0) is 21.1 Å². The van der Waals surface area contributed by atoms with Crippen LogP contribution in [0.15, 0.2) is 0 Å². The second-order valence-corrected chi connectivity index (χ2v) is 0. The average molecular weight is 293 g/mol. The Morgan fingerprint density at radius 3 is 0.500 bits per heavy atom. The van der Waals surface area contributed by atoms with Crippen molar-refractivity contribution >= 4 is 37.2 Å². The van der Waals surface area contributed by atoms with Crippen LogP contribution in [0.1, 0.15) is 0 Å². The van der Waals surface area contributed by atoms with E-state index in [2.05, 4.69) is 0 Å². The zero-order valence-corrected chi connectivity index (χ0v) is 7.02. The summed E-state index contributed by atoms with van der Waals surface area (Å²) in [5.41, 5.74) is 0. The Balaban J connectivity index is 0. The molecule has 0 aliphatic carbocycles. The molecule has 0 bridgehead atoms. The average Bonchev–Trinajstić information content (AvgIpc) is 0. The van der Waals surface area contributed by atoms with Crippen molar-refractivity contribution in [3.63, 3.8) is 0 Å². The van der Waals surface area contributed by atoms with E-state index >= 15 is 0 Å². The molecule has 0 atom stereocenters. The van der Waals surface area contributed by atoms with Gasteiger partial charge in [-0.15, -0.1) is 37.2 Å². The third-order valence-electron chi connectivity index (χ3n) is 0. The van der Waals surface area contributed by atoms with Crippen LogP contribution in [0.4, 0.5) is 0 Å². The Hall–Kier alpha value is 1.56. The monoisotopic (exact) mass is 292 g/mol. The van der Waals surface area contributed by atoms with Crippen molar-refractivity contribution in [3.8, 4) is 0 Å². The summed E-state index contributed by atoms with van der Waals surface area (Å²) in [6, 6.07) is 0. The Morgan fingerprint density at radius 2 is 0.500 bits per heavy atom. The van der Waals surface area contributed by atoms with Gasteiger partial charge in [-0.2, -0.15) is 0 Å². The molecule has 0 saturated heterocycles. The van der Waals surface area contributed by atoms with E-state index in [1.807, 2.05) is 0 Å². The van der Waals surface area contributed by atoms with E-state index in [1.54, 1.807) is 0 Å². The molecule has 0 heterocycles. The smallest absolute Gasteiger partial charge is 0 e. The number of halogens is 3. The SMILES string of the molecule is Cl.Cl.Cl.[W]. The molecule has 4 heavy (non-hydrogen) atoms. The molecule has 0 fully saturated rings. The summed E-state index contributed by atoms with van der Waals surface area (Å²) >= 11 is 0. The predicted molar refractivity (Wildman–Crippen MR) is 21.7 cm³/mol. The molecule has 0 saturated carbocycles. The second-order valence-electron chi connectivity index (χ2n) is 0. The topological polar surface area (TPSA) is 0 Å². The molecule has 0 aliphatic heterocycles. The molecule has 30 valence electrons. The van der Waals surface area contributed by atoms with E-state index in [0.29, 0.717) is 0 Å². The summed E-state index contributed by atoms with van der Waals surface area (Å²) in [5.74, 6) is 0. The fraction of sp³-hybridized carbons (Fsp3) is 0. The maximum Gasteiger partial charge on any atom is 0 e. The molecular weight excluding hydrogens is 290 g/mol. The minimum atomic E-state index is 0. The van der Waals surface area contributed by atoms with Crippen LogP contribution in [0.2, 0.25) is 0 Å². The molecule has 0 spiro atoms. The zero-order valence-electron chi connectivity index (χ0n) is 1.63. The van der Waals surface area contributed by atoms with E-state index in [1.165, 1.54) is 0 Å². The van der Waals surface area contributed by atoms with Crippen molar-refractivity contribution in [1.29, 1.82) is 0 Å². The van der Waals surface area contributed by atoms with Gasteiger partial charge in [-0.3, -0.25) is 0 Å². The molecule has 0 aliphatic rings. The van der Waals surface area contributed by atoms with Crippen LogP contribution < -0.4 is 0 Å². The minimum absolute atomic E-state index is 0. The van der Waals surface area contributed by atoms with Crippen LogP contribution in [0, 0.1) is 0 Å². The summed E-state index contributed by atoms with van der Waals surface area (Å²) in [7, 11) is 0. The second kappa shape index (κ2) is 23.8. The normalized spacial score (nSPS) is 0. The van der Waals surface area contributed by atoms with Gasteiger partial charge in [-0.1, -0.05) is 0 Å². The van der Waals surface area contributed by atoms with E-state index in [9.17, 15) is 0 Å². The summed E-state index contributed by atoms with van der Waals surface area (Å²) in [4.78, 5) is 0. The summed E-state index contributed by atoms with van der Waals surface area (Å²) in [5, 5.41) is 0. The Bertz CT molecular complexity index is 3.25. The first-order valence-electron chi connectivity index (χ1n) is 0. The molecule has 0 aromatic rings. The molecule has 0 aromatic heterocycles. The molecule has 0 radical (unpaired) electrons. The van der Waals surface area contributed by atoms with Gasteiger partial charge >= 0.3 is 0 Å². The van der Waals surface area contributed by atoms with Gasteiger partial charge in [0.1, 0.15) is 0 Å². The van der Waals surface area contributed by atoms with Gasteiger partial charge in [0.15, 0.2) is 0 Å². The van der Waals surface area contributed by atoms with Crippen molar-refractivity contribution in [1.82, 2.24) is 0 Å². The van der Waals surface area contributed by atoms with Crippen LogP contribution in [-0.4, -0.2) is 0 Å². The van der Waals surface area contributed by atoms with Gasteiger partial charge in [0, 0.05) is 21.1 Å². The van der Waals surface area contributed by atoms with E-state index in [-0.39, 0.29) is 58.3 Å². The summed E-state index contributed by atoms with van der Waals surface area (Å²) in [6.07, 6.45) is 0. The standard InChI is InChI=1S/3ClH.W/h3*1H;. The number of hydrogen-bond acceptors (Lipinski definition) is 0. The molecule has 0 unspecified atom stereocenters. The molecular formula is H3Cl3W. The Morgan fingerprint density at radius 1 is 0.500 bits per heavy atom. The van der Waals surface area contributed by atoms with Gasteiger partial charge in [0.05, 0.1) is 0 Å². The van der Waals surface area contributed by atoms with Crippen molar-refractivity contribution in [2.45, 2.75) is 0 Å². The molecule has 0 N–H and O–H groups in total. The van der Waals surface area contributed by atoms with Gasteiger partial charge in [-0.25, -0.2) is 0 Å².